The van der Waals surface area contributed by atoms with E-state index in [1.54, 1.807) is 0 Å². The van der Waals surface area contributed by atoms with Crippen LogP contribution in [0.15, 0.2) is 84.9 Å². The molecule has 0 unspecified atom stereocenters. The number of hydrogen-bond acceptors (Lipinski definition) is 4. The van der Waals surface area contributed by atoms with Gasteiger partial charge in [-0.05, 0) is 69.5 Å². The number of unbranched alkanes of at least 4 members (excludes halogenated alkanes) is 12. The molecule has 56 heavy (non-hydrogen) atoms. The molecule has 0 radical (unpaired) electrons. The van der Waals surface area contributed by atoms with E-state index in [0.29, 0.717) is 24.3 Å². The molecule has 0 aliphatic rings. The predicted octanol–water partition coefficient (Wildman–Crippen LogP) is 15.2. The lowest BCUT2D eigenvalue weighted by molar-refractivity contribution is -0.135. The monoisotopic (exact) mass is 750 g/mol. The first-order valence-electron chi connectivity index (χ1n) is 21.8. The molecule has 0 aromatic heterocycles. The average Bonchev–Trinajstić information content (AvgIpc) is 3.23. The van der Waals surface area contributed by atoms with Crippen LogP contribution in [0.25, 0.3) is 54.2 Å². The quantitative estimate of drug-likeness (QED) is 0.0318. The van der Waals surface area contributed by atoms with Gasteiger partial charge in [-0.1, -0.05) is 190 Å². The van der Waals surface area contributed by atoms with Crippen LogP contribution in [0.1, 0.15) is 142 Å². The van der Waals surface area contributed by atoms with Crippen LogP contribution in [0, 0.1) is 0 Å². The van der Waals surface area contributed by atoms with Crippen molar-refractivity contribution >= 4 is 55.0 Å². The number of carbonyl (C=O) groups is 2. The van der Waals surface area contributed by atoms with Crippen LogP contribution in [-0.4, -0.2) is 11.9 Å². The number of hydrogen-bond donors (Lipinski definition) is 0. The van der Waals surface area contributed by atoms with Crippen LogP contribution in [0.2, 0.25) is 0 Å². The summed E-state index contributed by atoms with van der Waals surface area (Å²) in [6, 6.07) is 29.9. The standard InChI is InChI=1S/C52H62O4/c1-5-9-11-13-15-17-19-29-47(53)55-51-41-27-23-21-25-39(41)49(45-35-37(7-3)31-33-43(45)51)50-40-26-22-24-28-42(40)52(44-34-32-38(8-4)36-46(44)50)56-48(54)30-20-18-16-14-12-10-6-2/h21-28,31-36H,5-20,29-30H2,1-4H3. The molecule has 0 aliphatic heterocycles. The summed E-state index contributed by atoms with van der Waals surface area (Å²) < 4.78 is 12.8. The minimum atomic E-state index is -0.177. The molecule has 6 aromatic carbocycles. The van der Waals surface area contributed by atoms with Gasteiger partial charge in [0.15, 0.2) is 0 Å². The van der Waals surface area contributed by atoms with Gasteiger partial charge in [0.1, 0.15) is 11.5 Å². The Morgan fingerprint density at radius 3 is 1.11 bits per heavy atom. The van der Waals surface area contributed by atoms with Gasteiger partial charge >= 0.3 is 11.9 Å². The Morgan fingerprint density at radius 2 is 0.732 bits per heavy atom. The average molecular weight is 751 g/mol. The fourth-order valence-corrected chi connectivity index (χ4v) is 8.35. The molecular weight excluding hydrogens is 689 g/mol. The highest BCUT2D eigenvalue weighted by molar-refractivity contribution is 6.27. The largest absolute Gasteiger partial charge is 0.425 e. The molecule has 0 saturated heterocycles. The van der Waals surface area contributed by atoms with Crippen molar-refractivity contribution < 1.29 is 19.1 Å². The minimum absolute atomic E-state index is 0.177. The third kappa shape index (κ3) is 9.63. The maximum atomic E-state index is 13.5. The van der Waals surface area contributed by atoms with Gasteiger partial charge in [0, 0.05) is 34.4 Å². The van der Waals surface area contributed by atoms with Crippen LogP contribution < -0.4 is 9.47 Å². The summed E-state index contributed by atoms with van der Waals surface area (Å²) in [4.78, 5) is 27.1. The first kappa shape index (κ1) is 40.9. The Morgan fingerprint density at radius 1 is 0.393 bits per heavy atom. The number of aryl methyl sites for hydroxylation is 2. The van der Waals surface area contributed by atoms with E-state index >= 15 is 0 Å². The van der Waals surface area contributed by atoms with Gasteiger partial charge in [0.25, 0.3) is 0 Å². The molecule has 0 saturated carbocycles. The molecule has 0 atom stereocenters. The summed E-state index contributed by atoms with van der Waals surface area (Å²) in [5, 5.41) is 7.86. The smallest absolute Gasteiger partial charge is 0.311 e. The Hall–Kier alpha value is -4.70. The van der Waals surface area contributed by atoms with E-state index in [-0.39, 0.29) is 11.9 Å². The van der Waals surface area contributed by atoms with E-state index in [0.717, 1.165) is 106 Å². The summed E-state index contributed by atoms with van der Waals surface area (Å²) in [7, 11) is 0. The van der Waals surface area contributed by atoms with Gasteiger partial charge in [0.2, 0.25) is 0 Å². The molecule has 4 nitrogen and oxygen atoms in total. The molecule has 0 aliphatic carbocycles. The molecule has 0 amide bonds. The lowest BCUT2D eigenvalue weighted by Crippen LogP contribution is -2.09. The van der Waals surface area contributed by atoms with Crippen molar-refractivity contribution in [2.24, 2.45) is 0 Å². The van der Waals surface area contributed by atoms with Crippen molar-refractivity contribution in [1.82, 2.24) is 0 Å². The molecule has 6 aromatic rings. The van der Waals surface area contributed by atoms with Crippen LogP contribution in [0.4, 0.5) is 0 Å². The van der Waals surface area contributed by atoms with Gasteiger partial charge in [0.05, 0.1) is 0 Å². The molecule has 0 N–H and O–H groups in total. The zero-order valence-electron chi connectivity index (χ0n) is 34.4. The van der Waals surface area contributed by atoms with E-state index in [9.17, 15) is 9.59 Å². The topological polar surface area (TPSA) is 52.6 Å². The van der Waals surface area contributed by atoms with E-state index in [1.165, 1.54) is 62.5 Å². The second kappa shape index (κ2) is 20.5. The minimum Gasteiger partial charge on any atom is -0.425 e. The zero-order valence-corrected chi connectivity index (χ0v) is 34.4. The Kier molecular flexibility index (Phi) is 15.0. The molecule has 0 bridgehead atoms. The van der Waals surface area contributed by atoms with Crippen molar-refractivity contribution in [3.63, 3.8) is 0 Å². The summed E-state index contributed by atoms with van der Waals surface area (Å²) in [5.41, 5.74) is 4.64. The van der Waals surface area contributed by atoms with E-state index < -0.39 is 0 Å². The van der Waals surface area contributed by atoms with Gasteiger partial charge in [-0.15, -0.1) is 0 Å². The summed E-state index contributed by atoms with van der Waals surface area (Å²) in [6.07, 6.45) is 18.7. The van der Waals surface area contributed by atoms with E-state index in [4.69, 9.17) is 9.47 Å². The van der Waals surface area contributed by atoms with Gasteiger partial charge in [-0.2, -0.15) is 0 Å². The lowest BCUT2D eigenvalue weighted by atomic mass is 9.84. The van der Waals surface area contributed by atoms with Crippen LogP contribution >= 0.6 is 0 Å². The molecule has 0 spiro atoms. The SMILES string of the molecule is CCCCCCCCCC(=O)Oc1c2ccccc2c(-c2c3ccccc3c(OC(=O)CCCCCCCCC)c3ccc(CC)cc23)c2cc(CC)ccc12. The van der Waals surface area contributed by atoms with Gasteiger partial charge in [-0.25, -0.2) is 0 Å². The first-order chi connectivity index (χ1) is 27.5. The van der Waals surface area contributed by atoms with Crippen molar-refractivity contribution in [3.8, 4) is 22.6 Å². The molecule has 6 rings (SSSR count). The first-order valence-corrected chi connectivity index (χ1v) is 21.8. The number of ether oxygens (including phenoxy) is 2. The zero-order chi connectivity index (χ0) is 39.3. The number of benzene rings is 6. The second-order valence-corrected chi connectivity index (χ2v) is 15.7. The van der Waals surface area contributed by atoms with Crippen LogP contribution in [0.5, 0.6) is 11.5 Å². The maximum absolute atomic E-state index is 13.5. The van der Waals surface area contributed by atoms with Crippen molar-refractivity contribution in [2.75, 3.05) is 0 Å². The second-order valence-electron chi connectivity index (χ2n) is 15.7. The fourth-order valence-electron chi connectivity index (χ4n) is 8.35. The highest BCUT2D eigenvalue weighted by atomic mass is 16.5. The normalized spacial score (nSPS) is 11.6. The lowest BCUT2D eigenvalue weighted by Gasteiger charge is -2.22. The van der Waals surface area contributed by atoms with E-state index in [1.807, 2.05) is 12.1 Å². The third-order valence-electron chi connectivity index (χ3n) is 11.5. The number of esters is 2. The summed E-state index contributed by atoms with van der Waals surface area (Å²) in [5.74, 6) is 0.911. The maximum Gasteiger partial charge on any atom is 0.311 e. The molecule has 294 valence electrons. The van der Waals surface area contributed by atoms with Crippen LogP contribution in [0.3, 0.4) is 0 Å². The molecule has 0 fully saturated rings. The van der Waals surface area contributed by atoms with Crippen molar-refractivity contribution in [1.29, 1.82) is 0 Å². The Balaban J connectivity index is 1.46. The van der Waals surface area contributed by atoms with Gasteiger partial charge in [-0.3, -0.25) is 9.59 Å². The molecule has 0 heterocycles. The van der Waals surface area contributed by atoms with E-state index in [2.05, 4.69) is 100 Å². The highest BCUT2D eigenvalue weighted by Crippen LogP contribution is 2.50. The number of carbonyl (C=O) groups excluding carboxylic acids is 2. The summed E-state index contributed by atoms with van der Waals surface area (Å²) >= 11 is 0. The Labute approximate surface area is 335 Å². The fraction of sp³-hybridized carbons (Fsp3) is 0.423. The summed E-state index contributed by atoms with van der Waals surface area (Å²) in [6.45, 7) is 8.83. The van der Waals surface area contributed by atoms with Gasteiger partial charge < -0.3 is 9.47 Å². The number of rotatable bonds is 21. The predicted molar refractivity (Wildman–Crippen MR) is 237 cm³/mol. The molecular formula is C52H62O4. The number of fused-ring (bicyclic) bond motifs is 4. The highest BCUT2D eigenvalue weighted by Gasteiger charge is 2.24. The van der Waals surface area contributed by atoms with Crippen LogP contribution in [-0.2, 0) is 22.4 Å². The van der Waals surface area contributed by atoms with Crippen molar-refractivity contribution in [2.45, 2.75) is 143 Å². The third-order valence-corrected chi connectivity index (χ3v) is 11.5. The molecule has 4 heteroatoms. The van der Waals surface area contributed by atoms with Crippen molar-refractivity contribution in [3.05, 3.63) is 96.1 Å². The Bertz CT molecular complexity index is 2100.